The Morgan fingerprint density at radius 3 is 2.48 bits per heavy atom. The van der Waals surface area contributed by atoms with E-state index >= 15 is 4.39 Å². The number of hydrogen-bond donors (Lipinski definition) is 1. The van der Waals surface area contributed by atoms with Crippen LogP contribution in [0.5, 0.6) is 5.75 Å². The molecule has 0 fully saturated rings. The number of allylic oxidation sites excluding steroid dienone is 3. The van der Waals surface area contributed by atoms with Crippen molar-refractivity contribution < 1.29 is 23.4 Å². The molecule has 33 heavy (non-hydrogen) atoms. The fourth-order valence-corrected chi connectivity index (χ4v) is 3.62. The van der Waals surface area contributed by atoms with Crippen LogP contribution < -0.4 is 4.74 Å². The monoisotopic (exact) mass is 448 g/mol. The van der Waals surface area contributed by atoms with E-state index in [4.69, 9.17) is 4.74 Å². The zero-order chi connectivity index (χ0) is 24.0. The molecule has 5 heteroatoms. The van der Waals surface area contributed by atoms with E-state index in [1.807, 2.05) is 26.0 Å². The topological polar surface area (TPSA) is 46.5 Å². The zero-order valence-corrected chi connectivity index (χ0v) is 18.9. The molecule has 0 aliphatic carbocycles. The second-order valence-electron chi connectivity index (χ2n) is 7.55. The van der Waals surface area contributed by atoms with Gasteiger partial charge in [-0.15, -0.1) is 0 Å². The molecule has 0 unspecified atom stereocenters. The molecule has 0 aliphatic heterocycles. The molecule has 0 aliphatic rings. The molecule has 0 atom stereocenters. The van der Waals surface area contributed by atoms with Crippen molar-refractivity contribution in [3.05, 3.63) is 101 Å². The van der Waals surface area contributed by atoms with Crippen molar-refractivity contribution in [2.24, 2.45) is 0 Å². The van der Waals surface area contributed by atoms with Gasteiger partial charge in [0, 0.05) is 5.56 Å². The summed E-state index contributed by atoms with van der Waals surface area (Å²) in [4.78, 5) is 12.0. The van der Waals surface area contributed by atoms with Crippen molar-refractivity contribution in [3.8, 4) is 16.9 Å². The van der Waals surface area contributed by atoms with Gasteiger partial charge in [0.15, 0.2) is 0 Å². The molecular formula is C28H26F2O3. The maximum absolute atomic E-state index is 15.1. The van der Waals surface area contributed by atoms with Crippen LogP contribution in [-0.4, -0.2) is 17.7 Å². The molecule has 3 aromatic carbocycles. The van der Waals surface area contributed by atoms with Crippen LogP contribution in [0.25, 0.3) is 22.3 Å². The molecule has 0 bridgehead atoms. The third-order valence-electron chi connectivity index (χ3n) is 5.20. The molecule has 0 heterocycles. The number of carboxylic acid groups (broad SMARTS) is 1. The van der Waals surface area contributed by atoms with Gasteiger partial charge in [0.05, 0.1) is 12.2 Å². The zero-order valence-electron chi connectivity index (χ0n) is 18.9. The Bertz CT molecular complexity index is 1230. The minimum Gasteiger partial charge on any atom is -0.494 e. The van der Waals surface area contributed by atoms with Crippen molar-refractivity contribution in [2.75, 3.05) is 6.61 Å². The number of carbonyl (C=O) groups is 1. The number of carboxylic acids is 1. The fourth-order valence-electron chi connectivity index (χ4n) is 3.62. The summed E-state index contributed by atoms with van der Waals surface area (Å²) in [7, 11) is 0. The van der Waals surface area contributed by atoms with E-state index in [-0.39, 0.29) is 11.1 Å². The Morgan fingerprint density at radius 2 is 1.82 bits per heavy atom. The lowest BCUT2D eigenvalue weighted by molar-refractivity contribution is -0.130. The number of hydrogen-bond acceptors (Lipinski definition) is 2. The lowest BCUT2D eigenvalue weighted by atomic mass is 9.94. The number of halogens is 2. The first kappa shape index (κ1) is 23.9. The average molecular weight is 449 g/mol. The average Bonchev–Trinajstić information content (AvgIpc) is 2.78. The third kappa shape index (κ3) is 5.75. The van der Waals surface area contributed by atoms with Gasteiger partial charge in [-0.3, -0.25) is 0 Å². The molecule has 3 nitrogen and oxygen atoms in total. The van der Waals surface area contributed by atoms with E-state index in [0.29, 0.717) is 46.6 Å². The van der Waals surface area contributed by atoms with Gasteiger partial charge in [-0.2, -0.15) is 0 Å². The maximum Gasteiger partial charge on any atom is 0.336 e. The molecule has 3 aromatic rings. The largest absolute Gasteiger partial charge is 0.494 e. The Hall–Kier alpha value is -3.73. The minimum absolute atomic E-state index is 0.0550. The smallest absolute Gasteiger partial charge is 0.336 e. The SMILES string of the molecule is CC/C=C(/C=C(/C(=O)O)c1cc(F)ccc1C)c1ccc(-c2cccc(OCC)c2)c(F)c1. The van der Waals surface area contributed by atoms with Crippen molar-refractivity contribution in [1.82, 2.24) is 0 Å². The summed E-state index contributed by atoms with van der Waals surface area (Å²) in [5.41, 5.74) is 3.05. The summed E-state index contributed by atoms with van der Waals surface area (Å²) in [6.07, 6.45) is 3.90. The summed E-state index contributed by atoms with van der Waals surface area (Å²) in [5, 5.41) is 9.82. The molecular weight excluding hydrogens is 422 g/mol. The summed E-state index contributed by atoms with van der Waals surface area (Å²) in [6.45, 7) is 6.03. The maximum atomic E-state index is 15.1. The van der Waals surface area contributed by atoms with Crippen LogP contribution in [-0.2, 0) is 4.79 Å². The lowest BCUT2D eigenvalue weighted by Gasteiger charge is -2.12. The predicted molar refractivity (Wildman–Crippen MR) is 128 cm³/mol. The van der Waals surface area contributed by atoms with Gasteiger partial charge >= 0.3 is 5.97 Å². The second-order valence-corrected chi connectivity index (χ2v) is 7.55. The van der Waals surface area contributed by atoms with Crippen LogP contribution in [0.2, 0.25) is 0 Å². The number of ether oxygens (including phenoxy) is 1. The Balaban J connectivity index is 2.06. The van der Waals surface area contributed by atoms with Gasteiger partial charge in [0.25, 0.3) is 0 Å². The highest BCUT2D eigenvalue weighted by Crippen LogP contribution is 2.31. The Kier molecular flexibility index (Phi) is 7.78. The van der Waals surface area contributed by atoms with E-state index in [9.17, 15) is 14.3 Å². The van der Waals surface area contributed by atoms with Crippen LogP contribution in [0.3, 0.4) is 0 Å². The predicted octanol–water partition coefficient (Wildman–Crippen LogP) is 7.30. The highest BCUT2D eigenvalue weighted by molar-refractivity contribution is 6.18. The van der Waals surface area contributed by atoms with Crippen LogP contribution in [0.4, 0.5) is 8.78 Å². The molecule has 1 N–H and O–H groups in total. The van der Waals surface area contributed by atoms with Crippen molar-refractivity contribution in [3.63, 3.8) is 0 Å². The summed E-state index contributed by atoms with van der Waals surface area (Å²) >= 11 is 0. The van der Waals surface area contributed by atoms with Crippen LogP contribution in [0.1, 0.15) is 37.0 Å². The molecule has 0 aromatic heterocycles. The van der Waals surface area contributed by atoms with Gasteiger partial charge in [-0.1, -0.05) is 43.3 Å². The van der Waals surface area contributed by atoms with Gasteiger partial charge in [-0.05, 0) is 84.5 Å². The Labute approximate surface area is 192 Å². The van der Waals surface area contributed by atoms with E-state index in [1.165, 1.54) is 30.3 Å². The van der Waals surface area contributed by atoms with Crippen LogP contribution in [0.15, 0.2) is 72.8 Å². The van der Waals surface area contributed by atoms with Crippen molar-refractivity contribution >= 4 is 17.1 Å². The van der Waals surface area contributed by atoms with Gasteiger partial charge in [0.1, 0.15) is 17.4 Å². The van der Waals surface area contributed by atoms with Gasteiger partial charge < -0.3 is 9.84 Å². The van der Waals surface area contributed by atoms with Crippen molar-refractivity contribution in [2.45, 2.75) is 27.2 Å². The summed E-state index contributed by atoms with van der Waals surface area (Å²) in [6, 6.07) is 16.0. The highest BCUT2D eigenvalue weighted by atomic mass is 19.1. The second kappa shape index (κ2) is 10.7. The van der Waals surface area contributed by atoms with Crippen molar-refractivity contribution in [1.29, 1.82) is 0 Å². The highest BCUT2D eigenvalue weighted by Gasteiger charge is 2.16. The standard InChI is InChI=1S/C28H26F2O3/c1-4-7-19(15-26(28(31)32)25-17-22(29)12-10-18(25)3)20-11-13-24(27(30)16-20)21-8-6-9-23(14-21)33-5-2/h6-17H,4-5H2,1-3H3,(H,31,32)/b19-7-,26-15+. The van der Waals surface area contributed by atoms with E-state index in [1.54, 1.807) is 37.3 Å². The molecule has 0 saturated heterocycles. The third-order valence-corrected chi connectivity index (χ3v) is 5.20. The van der Waals surface area contributed by atoms with Gasteiger partial charge in [-0.25, -0.2) is 13.6 Å². The summed E-state index contributed by atoms with van der Waals surface area (Å²) in [5.74, 6) is -1.48. The quantitative estimate of drug-likeness (QED) is 0.290. The fraction of sp³-hybridized carbons (Fsp3) is 0.179. The number of aliphatic carboxylic acids is 1. The first-order valence-electron chi connectivity index (χ1n) is 10.8. The Morgan fingerprint density at radius 1 is 1.03 bits per heavy atom. The van der Waals surface area contributed by atoms with Crippen LogP contribution in [0, 0.1) is 18.6 Å². The first-order chi connectivity index (χ1) is 15.8. The number of rotatable bonds is 8. The van der Waals surface area contributed by atoms with Crippen LogP contribution >= 0.6 is 0 Å². The van der Waals surface area contributed by atoms with Gasteiger partial charge in [0.2, 0.25) is 0 Å². The first-order valence-corrected chi connectivity index (χ1v) is 10.8. The number of benzene rings is 3. The van der Waals surface area contributed by atoms with E-state index in [2.05, 4.69) is 0 Å². The summed E-state index contributed by atoms with van der Waals surface area (Å²) < 4.78 is 34.5. The number of aryl methyl sites for hydroxylation is 1. The normalized spacial score (nSPS) is 12.0. The molecule has 0 radical (unpaired) electrons. The minimum atomic E-state index is -1.18. The molecule has 0 amide bonds. The van der Waals surface area contributed by atoms with E-state index < -0.39 is 17.6 Å². The molecule has 170 valence electrons. The molecule has 3 rings (SSSR count). The lowest BCUT2D eigenvalue weighted by Crippen LogP contribution is -2.03. The molecule has 0 saturated carbocycles. The van der Waals surface area contributed by atoms with E-state index in [0.717, 1.165) is 0 Å². The molecule has 0 spiro atoms.